The highest BCUT2D eigenvalue weighted by atomic mass is 16.5. The van der Waals surface area contributed by atoms with Crippen molar-refractivity contribution >= 4 is 17.4 Å². The highest BCUT2D eigenvalue weighted by molar-refractivity contribution is 6.04. The Bertz CT molecular complexity index is 864. The molecule has 2 rings (SSSR count). The lowest BCUT2D eigenvalue weighted by molar-refractivity contribution is -0.907. The lowest BCUT2D eigenvalue weighted by Gasteiger charge is -2.23. The number of ketones is 1. The zero-order valence-electron chi connectivity index (χ0n) is 17.4. The van der Waals surface area contributed by atoms with E-state index in [1.54, 1.807) is 38.5 Å². The van der Waals surface area contributed by atoms with Gasteiger partial charge in [-0.05, 0) is 50.6 Å². The topological polar surface area (TPSA) is 69.1 Å². The van der Waals surface area contributed by atoms with E-state index >= 15 is 0 Å². The van der Waals surface area contributed by atoms with Gasteiger partial charge >= 0.3 is 0 Å². The minimum absolute atomic E-state index is 0.0785. The minimum Gasteiger partial charge on any atom is -0.493 e. The zero-order valence-corrected chi connectivity index (χ0v) is 17.4. The second-order valence-electron chi connectivity index (χ2n) is 6.97. The van der Waals surface area contributed by atoms with Crippen LogP contribution in [0.4, 0.5) is 5.69 Å². The van der Waals surface area contributed by atoms with Gasteiger partial charge in [-0.1, -0.05) is 12.1 Å². The van der Waals surface area contributed by atoms with Gasteiger partial charge in [0.1, 0.15) is 6.54 Å². The smallest absolute Gasteiger partial charge is 0.282 e. The summed E-state index contributed by atoms with van der Waals surface area (Å²) in [5, 5.41) is 2.89. The zero-order chi connectivity index (χ0) is 20.8. The van der Waals surface area contributed by atoms with Crippen molar-refractivity contribution in [2.45, 2.75) is 33.4 Å². The molecule has 0 aromatic heterocycles. The fourth-order valence-corrected chi connectivity index (χ4v) is 3.03. The van der Waals surface area contributed by atoms with Crippen LogP contribution < -0.4 is 19.7 Å². The monoisotopic (exact) mass is 385 g/mol. The third-order valence-electron chi connectivity index (χ3n) is 5.01. The average molecular weight is 385 g/mol. The molecule has 0 aliphatic carbocycles. The first-order chi connectivity index (χ1) is 13.3. The van der Waals surface area contributed by atoms with E-state index in [1.165, 1.54) is 6.92 Å². The maximum atomic E-state index is 12.7. The fourth-order valence-electron chi connectivity index (χ4n) is 3.03. The summed E-state index contributed by atoms with van der Waals surface area (Å²) in [6, 6.07) is 10.6. The van der Waals surface area contributed by atoms with Crippen LogP contribution in [0.5, 0.6) is 11.5 Å². The fraction of sp³-hybridized carbons (Fsp3) is 0.364. The highest BCUT2D eigenvalue weighted by Gasteiger charge is 2.24. The summed E-state index contributed by atoms with van der Waals surface area (Å²) in [5.41, 5.74) is 3.21. The summed E-state index contributed by atoms with van der Waals surface area (Å²) in [4.78, 5) is 25.5. The Labute approximate surface area is 166 Å². The standard InChI is InChI=1S/C22H28N2O4/c1-14-11-20(27-5)21(28-6)12-17(14)13-24(4)15(2)22(26)23-19-10-8-7-9-18(19)16(3)25/h7-12,15H,13H2,1-6H3,(H,23,26)/p+1/t15-/m0/s1. The number of quaternary nitrogens is 1. The number of carbonyl (C=O) groups is 2. The van der Waals surface area contributed by atoms with Crippen molar-refractivity contribution in [3.05, 3.63) is 53.1 Å². The number of nitrogens with one attached hydrogen (secondary N) is 2. The number of methoxy groups -OCH3 is 2. The van der Waals surface area contributed by atoms with Crippen LogP contribution in [0.25, 0.3) is 0 Å². The number of anilines is 1. The predicted molar refractivity (Wildman–Crippen MR) is 109 cm³/mol. The van der Waals surface area contributed by atoms with Crippen LogP contribution in [0.2, 0.25) is 0 Å². The normalized spacial score (nSPS) is 12.8. The van der Waals surface area contributed by atoms with E-state index in [4.69, 9.17) is 9.47 Å². The Morgan fingerprint density at radius 2 is 1.71 bits per heavy atom. The number of ether oxygens (including phenoxy) is 2. The molecule has 0 radical (unpaired) electrons. The van der Waals surface area contributed by atoms with Gasteiger partial charge in [0.15, 0.2) is 23.3 Å². The third kappa shape index (κ3) is 4.89. The predicted octanol–water partition coefficient (Wildman–Crippen LogP) is 2.26. The minimum atomic E-state index is -0.312. The van der Waals surface area contributed by atoms with E-state index in [2.05, 4.69) is 5.32 Å². The van der Waals surface area contributed by atoms with E-state index < -0.39 is 0 Å². The van der Waals surface area contributed by atoms with Crippen LogP contribution >= 0.6 is 0 Å². The number of benzene rings is 2. The molecule has 0 saturated carbocycles. The molecule has 28 heavy (non-hydrogen) atoms. The Morgan fingerprint density at radius 1 is 1.11 bits per heavy atom. The summed E-state index contributed by atoms with van der Waals surface area (Å²) in [5.74, 6) is 1.14. The molecule has 1 amide bonds. The van der Waals surface area contributed by atoms with Crippen LogP contribution in [0.1, 0.15) is 35.3 Å². The number of hydrogen-bond acceptors (Lipinski definition) is 4. The number of aryl methyl sites for hydroxylation is 1. The van der Waals surface area contributed by atoms with Crippen molar-refractivity contribution in [3.8, 4) is 11.5 Å². The molecule has 0 aliphatic heterocycles. The summed E-state index contributed by atoms with van der Waals surface area (Å²) >= 11 is 0. The molecule has 2 atom stereocenters. The summed E-state index contributed by atoms with van der Waals surface area (Å²) in [6.45, 7) is 6.02. The molecule has 0 heterocycles. The van der Waals surface area contributed by atoms with E-state index in [9.17, 15) is 9.59 Å². The lowest BCUT2D eigenvalue weighted by atomic mass is 10.1. The number of likely N-dealkylation sites (N-methyl/N-ethyl adjacent to an activating group) is 1. The molecular formula is C22H29N2O4+. The summed E-state index contributed by atoms with van der Waals surface area (Å²) in [6.07, 6.45) is 0. The molecule has 2 aromatic rings. The van der Waals surface area contributed by atoms with Crippen LogP contribution in [0.15, 0.2) is 36.4 Å². The molecule has 2 N–H and O–H groups in total. The van der Waals surface area contributed by atoms with E-state index in [0.29, 0.717) is 29.3 Å². The Morgan fingerprint density at radius 3 is 2.32 bits per heavy atom. The van der Waals surface area contributed by atoms with Crippen LogP contribution in [0.3, 0.4) is 0 Å². The van der Waals surface area contributed by atoms with Crippen molar-refractivity contribution in [2.75, 3.05) is 26.6 Å². The van der Waals surface area contributed by atoms with Gasteiger partial charge in [0.25, 0.3) is 5.91 Å². The number of Topliss-reactive ketones (excluding diaryl/α,β-unsaturated/α-hetero) is 1. The van der Waals surface area contributed by atoms with Crippen LogP contribution in [0, 0.1) is 6.92 Å². The molecule has 1 unspecified atom stereocenters. The molecule has 0 saturated heterocycles. The average Bonchev–Trinajstić information content (AvgIpc) is 2.68. The Balaban J connectivity index is 2.14. The lowest BCUT2D eigenvalue weighted by Crippen LogP contribution is -3.12. The second-order valence-corrected chi connectivity index (χ2v) is 6.97. The summed E-state index contributed by atoms with van der Waals surface area (Å²) < 4.78 is 10.7. The van der Waals surface area contributed by atoms with Gasteiger partial charge in [-0.3, -0.25) is 9.59 Å². The first kappa shape index (κ1) is 21.4. The maximum Gasteiger partial charge on any atom is 0.282 e. The summed E-state index contributed by atoms with van der Waals surface area (Å²) in [7, 11) is 5.19. The first-order valence-corrected chi connectivity index (χ1v) is 9.23. The van der Waals surface area contributed by atoms with Crippen molar-refractivity contribution in [1.82, 2.24) is 0 Å². The molecule has 0 fully saturated rings. The van der Waals surface area contributed by atoms with E-state index in [-0.39, 0.29) is 17.7 Å². The number of hydrogen-bond donors (Lipinski definition) is 2. The molecule has 6 heteroatoms. The Hall–Kier alpha value is -2.86. The molecular weight excluding hydrogens is 356 g/mol. The molecule has 2 aromatic carbocycles. The van der Waals surface area contributed by atoms with Gasteiger partial charge in [0.05, 0.1) is 27.0 Å². The van der Waals surface area contributed by atoms with Crippen molar-refractivity contribution in [3.63, 3.8) is 0 Å². The van der Waals surface area contributed by atoms with Gasteiger partial charge in [0.2, 0.25) is 0 Å². The van der Waals surface area contributed by atoms with Gasteiger partial charge in [-0.25, -0.2) is 0 Å². The second kappa shape index (κ2) is 9.37. The Kier molecular flexibility index (Phi) is 7.18. The van der Waals surface area contributed by atoms with Gasteiger partial charge in [0, 0.05) is 11.1 Å². The highest BCUT2D eigenvalue weighted by Crippen LogP contribution is 2.29. The molecule has 0 bridgehead atoms. The molecule has 150 valence electrons. The SMILES string of the molecule is COc1cc(C)c(C[NH+](C)[C@@H](C)C(=O)Nc2ccccc2C(C)=O)cc1OC. The van der Waals surface area contributed by atoms with E-state index in [1.807, 2.05) is 33.0 Å². The number of para-hydroxylation sites is 1. The number of rotatable bonds is 8. The molecule has 0 spiro atoms. The van der Waals surface area contributed by atoms with Gasteiger partial charge in [-0.2, -0.15) is 0 Å². The van der Waals surface area contributed by atoms with Crippen molar-refractivity contribution in [1.29, 1.82) is 0 Å². The molecule has 6 nitrogen and oxygen atoms in total. The van der Waals surface area contributed by atoms with Crippen LogP contribution in [-0.2, 0) is 11.3 Å². The van der Waals surface area contributed by atoms with Crippen LogP contribution in [-0.4, -0.2) is 39.0 Å². The molecule has 0 aliphatic rings. The quantitative estimate of drug-likeness (QED) is 0.684. The largest absolute Gasteiger partial charge is 0.493 e. The van der Waals surface area contributed by atoms with E-state index in [0.717, 1.165) is 16.0 Å². The maximum absolute atomic E-state index is 12.7. The first-order valence-electron chi connectivity index (χ1n) is 9.23. The third-order valence-corrected chi connectivity index (χ3v) is 5.01. The number of amides is 1. The van der Waals surface area contributed by atoms with Gasteiger partial charge in [-0.15, -0.1) is 0 Å². The van der Waals surface area contributed by atoms with Crippen molar-refractivity contribution in [2.24, 2.45) is 0 Å². The van der Waals surface area contributed by atoms with Gasteiger partial charge < -0.3 is 19.7 Å². The number of carbonyl (C=O) groups excluding carboxylic acids is 2. The van der Waals surface area contributed by atoms with Crippen molar-refractivity contribution < 1.29 is 24.0 Å².